The van der Waals surface area contributed by atoms with E-state index < -0.39 is 0 Å². The van der Waals surface area contributed by atoms with Gasteiger partial charge in [-0.2, -0.15) is 5.10 Å². The maximum atomic E-state index is 12.4. The third-order valence-electron chi connectivity index (χ3n) is 3.37. The van der Waals surface area contributed by atoms with Crippen molar-refractivity contribution in [2.45, 2.75) is 19.4 Å². The molecular weight excluding hydrogens is 282 g/mol. The summed E-state index contributed by atoms with van der Waals surface area (Å²) in [7, 11) is 3.74. The first-order valence-electron chi connectivity index (χ1n) is 7.11. The van der Waals surface area contributed by atoms with Crippen molar-refractivity contribution in [2.24, 2.45) is 0 Å². The van der Waals surface area contributed by atoms with Gasteiger partial charge in [-0.15, -0.1) is 0 Å². The fraction of sp³-hybridized carbons (Fsp3) is 0.400. The number of benzene rings is 1. The minimum Gasteiger partial charge on any atom is -0.354 e. The molecule has 118 valence electrons. The molecule has 1 aromatic carbocycles. The van der Waals surface area contributed by atoms with Gasteiger partial charge in [-0.1, -0.05) is 29.8 Å². The van der Waals surface area contributed by atoms with E-state index in [4.69, 9.17) is 0 Å². The Labute approximate surface area is 128 Å². The van der Waals surface area contributed by atoms with Crippen LogP contribution in [0.25, 0.3) is 0 Å². The highest BCUT2D eigenvalue weighted by molar-refractivity contribution is 5.83. The molecule has 1 aromatic heterocycles. The van der Waals surface area contributed by atoms with E-state index in [1.165, 1.54) is 0 Å². The van der Waals surface area contributed by atoms with Gasteiger partial charge in [0.1, 0.15) is 11.9 Å². The first-order valence-corrected chi connectivity index (χ1v) is 7.11. The Morgan fingerprint density at radius 2 is 2.00 bits per heavy atom. The molecule has 0 spiro atoms. The summed E-state index contributed by atoms with van der Waals surface area (Å²) in [6, 6.07) is 7.57. The molecule has 7 heteroatoms. The van der Waals surface area contributed by atoms with E-state index in [1.54, 1.807) is 0 Å². The summed E-state index contributed by atoms with van der Waals surface area (Å²) >= 11 is 0. The lowest BCUT2D eigenvalue weighted by molar-refractivity contribution is -0.125. The van der Waals surface area contributed by atoms with Crippen LogP contribution in [-0.4, -0.2) is 46.6 Å². The van der Waals surface area contributed by atoms with Crippen LogP contribution in [0.1, 0.15) is 23.0 Å². The highest BCUT2D eigenvalue weighted by atomic mass is 16.2. The van der Waals surface area contributed by atoms with Gasteiger partial charge in [-0.3, -0.25) is 14.7 Å². The number of hydrogen-bond acceptors (Lipinski definition) is 4. The van der Waals surface area contributed by atoms with Crippen molar-refractivity contribution in [3.05, 3.63) is 51.7 Å². The molecule has 2 aromatic rings. The number of aromatic amines is 2. The molecule has 7 nitrogen and oxygen atoms in total. The topological polar surface area (TPSA) is 93.9 Å². The summed E-state index contributed by atoms with van der Waals surface area (Å²) in [6.07, 6.45) is 0.471. The quantitative estimate of drug-likeness (QED) is 0.718. The van der Waals surface area contributed by atoms with Crippen LogP contribution in [0.15, 0.2) is 29.1 Å². The molecule has 0 saturated carbocycles. The number of aryl methyl sites for hydroxylation is 1. The zero-order valence-electron chi connectivity index (χ0n) is 13.0. The smallest absolute Gasteiger partial charge is 0.340 e. The Kier molecular flexibility index (Phi) is 5.11. The number of H-pyrrole nitrogens is 2. The van der Waals surface area contributed by atoms with Crippen LogP contribution in [-0.2, 0) is 11.2 Å². The van der Waals surface area contributed by atoms with E-state index in [0.29, 0.717) is 18.8 Å². The molecule has 1 amide bonds. The molecule has 0 bridgehead atoms. The normalized spacial score (nSPS) is 12.4. The van der Waals surface area contributed by atoms with Crippen LogP contribution >= 0.6 is 0 Å². The highest BCUT2D eigenvalue weighted by Gasteiger charge is 2.22. The number of aromatic nitrogens is 3. The molecule has 0 aliphatic carbocycles. The van der Waals surface area contributed by atoms with Crippen LogP contribution in [0.2, 0.25) is 0 Å². The van der Waals surface area contributed by atoms with Crippen LogP contribution < -0.4 is 11.0 Å². The van der Waals surface area contributed by atoms with Crippen molar-refractivity contribution < 1.29 is 4.79 Å². The summed E-state index contributed by atoms with van der Waals surface area (Å²) in [5, 5.41) is 8.98. The number of carbonyl (C=O) groups excluding carboxylic acids is 1. The van der Waals surface area contributed by atoms with Crippen molar-refractivity contribution in [3.63, 3.8) is 0 Å². The van der Waals surface area contributed by atoms with Crippen molar-refractivity contribution >= 4 is 5.91 Å². The van der Waals surface area contributed by atoms with Gasteiger partial charge >= 0.3 is 5.69 Å². The van der Waals surface area contributed by atoms with Crippen molar-refractivity contribution in [1.29, 1.82) is 0 Å². The zero-order valence-corrected chi connectivity index (χ0v) is 13.0. The van der Waals surface area contributed by atoms with Gasteiger partial charge in [0.05, 0.1) is 0 Å². The molecule has 0 aliphatic rings. The number of carbonyl (C=O) groups is 1. The highest BCUT2D eigenvalue weighted by Crippen LogP contribution is 2.18. The van der Waals surface area contributed by atoms with Crippen LogP contribution in [0, 0.1) is 6.92 Å². The van der Waals surface area contributed by atoms with Gasteiger partial charge in [0.25, 0.3) is 0 Å². The van der Waals surface area contributed by atoms with Crippen molar-refractivity contribution in [1.82, 2.24) is 25.4 Å². The Morgan fingerprint density at radius 1 is 1.32 bits per heavy atom. The van der Waals surface area contributed by atoms with E-state index in [2.05, 4.69) is 20.5 Å². The largest absolute Gasteiger partial charge is 0.354 e. The second-order valence-electron chi connectivity index (χ2n) is 5.44. The fourth-order valence-corrected chi connectivity index (χ4v) is 2.26. The van der Waals surface area contributed by atoms with Gasteiger partial charge in [0.15, 0.2) is 0 Å². The van der Waals surface area contributed by atoms with Crippen LogP contribution in [0.5, 0.6) is 0 Å². The Bertz CT molecular complexity index is 672. The molecule has 0 aliphatic heterocycles. The van der Waals surface area contributed by atoms with Gasteiger partial charge < -0.3 is 5.32 Å². The molecule has 2 rings (SSSR count). The monoisotopic (exact) mass is 303 g/mol. The average molecular weight is 303 g/mol. The first-order chi connectivity index (χ1) is 10.5. The van der Waals surface area contributed by atoms with Gasteiger partial charge in [0, 0.05) is 13.0 Å². The third kappa shape index (κ3) is 4.05. The Balaban J connectivity index is 1.97. The fourth-order valence-electron chi connectivity index (χ4n) is 2.26. The van der Waals surface area contributed by atoms with Crippen LogP contribution in [0.3, 0.4) is 0 Å². The lowest BCUT2D eigenvalue weighted by Crippen LogP contribution is -2.38. The summed E-state index contributed by atoms with van der Waals surface area (Å²) in [5.74, 6) is 0.453. The summed E-state index contributed by atoms with van der Waals surface area (Å²) < 4.78 is 0. The molecule has 0 fully saturated rings. The molecule has 0 saturated heterocycles. The number of likely N-dealkylation sites (N-methyl/N-ethyl adjacent to an activating group) is 1. The molecule has 1 heterocycles. The second kappa shape index (κ2) is 7.04. The number of amides is 1. The molecule has 3 N–H and O–H groups in total. The van der Waals surface area contributed by atoms with E-state index in [9.17, 15) is 9.59 Å². The van der Waals surface area contributed by atoms with Gasteiger partial charge in [0.2, 0.25) is 5.91 Å². The van der Waals surface area contributed by atoms with E-state index >= 15 is 0 Å². The standard InChI is InChI=1S/C15H21N5O2/c1-10-4-6-11(7-5-10)13(20(2)3)14(21)16-9-8-12-17-15(22)19-18-12/h4-7,13H,8-9H2,1-3H3,(H,16,21)(H2,17,18,19,22)/t13-/m0/s1. The predicted molar refractivity (Wildman–Crippen MR) is 83.5 cm³/mol. The maximum Gasteiger partial charge on any atom is 0.340 e. The predicted octanol–water partition coefficient (Wildman–Crippen LogP) is 0.368. The van der Waals surface area contributed by atoms with Crippen molar-refractivity contribution in [2.75, 3.05) is 20.6 Å². The average Bonchev–Trinajstić information content (AvgIpc) is 2.86. The minimum atomic E-state index is -0.348. The summed E-state index contributed by atoms with van der Waals surface area (Å²) in [4.78, 5) is 27.8. The zero-order chi connectivity index (χ0) is 16.1. The molecule has 0 unspecified atom stereocenters. The van der Waals surface area contributed by atoms with Gasteiger partial charge in [-0.25, -0.2) is 9.89 Å². The summed E-state index contributed by atoms with van der Waals surface area (Å²) in [5.41, 5.74) is 1.76. The first kappa shape index (κ1) is 16.0. The minimum absolute atomic E-state index is 0.0771. The lowest BCUT2D eigenvalue weighted by atomic mass is 10.0. The molecular formula is C15H21N5O2. The molecule has 1 atom stereocenters. The SMILES string of the molecule is Cc1ccc([C@@H](C(=O)NCCc2n[nH]c(=O)[nH]2)N(C)C)cc1. The Morgan fingerprint density at radius 3 is 2.55 bits per heavy atom. The van der Waals surface area contributed by atoms with E-state index in [0.717, 1.165) is 11.1 Å². The summed E-state index contributed by atoms with van der Waals surface area (Å²) in [6.45, 7) is 2.43. The second-order valence-corrected chi connectivity index (χ2v) is 5.44. The number of nitrogens with one attached hydrogen (secondary N) is 3. The number of nitrogens with zero attached hydrogens (tertiary/aromatic N) is 2. The lowest BCUT2D eigenvalue weighted by Gasteiger charge is -2.24. The Hall–Kier alpha value is -2.41. The number of hydrogen-bond donors (Lipinski definition) is 3. The van der Waals surface area contributed by atoms with E-state index in [-0.39, 0.29) is 17.6 Å². The third-order valence-corrected chi connectivity index (χ3v) is 3.37. The van der Waals surface area contributed by atoms with E-state index in [1.807, 2.05) is 50.2 Å². The van der Waals surface area contributed by atoms with Crippen molar-refractivity contribution in [3.8, 4) is 0 Å². The maximum absolute atomic E-state index is 12.4. The van der Waals surface area contributed by atoms with Crippen LogP contribution in [0.4, 0.5) is 0 Å². The molecule has 22 heavy (non-hydrogen) atoms. The molecule has 0 radical (unpaired) electrons. The number of rotatable bonds is 6. The van der Waals surface area contributed by atoms with Gasteiger partial charge in [-0.05, 0) is 26.6 Å².